The van der Waals surface area contributed by atoms with Crippen LogP contribution >= 0.6 is 31.9 Å². The number of aromatic nitrogens is 2. The molecule has 0 aliphatic heterocycles. The van der Waals surface area contributed by atoms with Crippen molar-refractivity contribution < 1.29 is 14.4 Å². The molecule has 0 radical (unpaired) electrons. The van der Waals surface area contributed by atoms with Crippen molar-refractivity contribution in [3.63, 3.8) is 0 Å². The Morgan fingerprint density at radius 3 is 2.71 bits per heavy atom. The van der Waals surface area contributed by atoms with E-state index in [4.69, 9.17) is 4.52 Å². The molecule has 0 saturated heterocycles. The number of rotatable bonds is 3. The third kappa shape index (κ3) is 3.27. The van der Waals surface area contributed by atoms with Crippen molar-refractivity contribution in [1.29, 1.82) is 0 Å². The first-order chi connectivity index (χ1) is 13.5. The van der Waals surface area contributed by atoms with Crippen LogP contribution in [0.2, 0.25) is 0 Å². The molecule has 7 nitrogen and oxygen atoms in total. The number of aryl methyl sites for hydroxylation is 1. The zero-order valence-electron chi connectivity index (χ0n) is 14.4. The lowest BCUT2D eigenvalue weighted by molar-refractivity contribution is 0.0994. The molecule has 0 spiro atoms. The SMILES string of the molecule is Cc1onc(-c2ccccc2)c1C(=O)N=Nc1c(O)[nH]c2c(Br)cc(Br)cc12. The number of fused-ring (bicyclic) bond motifs is 1. The van der Waals surface area contributed by atoms with Gasteiger partial charge in [-0.05, 0) is 35.0 Å². The molecule has 2 N–H and O–H groups in total. The summed E-state index contributed by atoms with van der Waals surface area (Å²) in [5.41, 5.74) is 2.18. The molecule has 2 aromatic carbocycles. The lowest BCUT2D eigenvalue weighted by Crippen LogP contribution is -1.97. The first kappa shape index (κ1) is 18.6. The van der Waals surface area contributed by atoms with E-state index < -0.39 is 5.91 Å². The molecule has 4 aromatic rings. The second-order valence-electron chi connectivity index (χ2n) is 5.97. The number of benzene rings is 2. The van der Waals surface area contributed by atoms with Crippen molar-refractivity contribution in [2.75, 3.05) is 0 Å². The molecule has 0 aliphatic carbocycles. The van der Waals surface area contributed by atoms with Crippen LogP contribution in [0, 0.1) is 6.92 Å². The number of H-pyrrole nitrogens is 1. The number of aromatic hydroxyl groups is 1. The van der Waals surface area contributed by atoms with Gasteiger partial charge in [0.25, 0.3) is 0 Å². The highest BCUT2D eigenvalue weighted by molar-refractivity contribution is 9.11. The maximum atomic E-state index is 12.7. The fourth-order valence-corrected chi connectivity index (χ4v) is 4.18. The van der Waals surface area contributed by atoms with Crippen molar-refractivity contribution in [3.05, 3.63) is 62.7 Å². The molecule has 0 bridgehead atoms. The van der Waals surface area contributed by atoms with Gasteiger partial charge in [-0.3, -0.25) is 4.79 Å². The summed E-state index contributed by atoms with van der Waals surface area (Å²) in [6.45, 7) is 1.64. The maximum absolute atomic E-state index is 12.7. The second-order valence-corrected chi connectivity index (χ2v) is 7.74. The van der Waals surface area contributed by atoms with Gasteiger partial charge in [0.15, 0.2) is 5.69 Å². The largest absolute Gasteiger partial charge is 0.493 e. The molecule has 140 valence electrons. The molecule has 4 rings (SSSR count). The van der Waals surface area contributed by atoms with Gasteiger partial charge >= 0.3 is 5.91 Å². The van der Waals surface area contributed by atoms with Gasteiger partial charge in [-0.2, -0.15) is 0 Å². The van der Waals surface area contributed by atoms with E-state index in [1.54, 1.807) is 13.0 Å². The first-order valence-corrected chi connectivity index (χ1v) is 9.71. The highest BCUT2D eigenvalue weighted by Crippen LogP contribution is 2.40. The lowest BCUT2D eigenvalue weighted by atomic mass is 10.1. The molecule has 2 heterocycles. The molecule has 9 heteroatoms. The zero-order valence-corrected chi connectivity index (χ0v) is 17.6. The van der Waals surface area contributed by atoms with Crippen molar-refractivity contribution in [3.8, 4) is 17.1 Å². The smallest absolute Gasteiger partial charge is 0.301 e. The van der Waals surface area contributed by atoms with E-state index in [9.17, 15) is 9.90 Å². The predicted molar refractivity (Wildman–Crippen MR) is 111 cm³/mol. The van der Waals surface area contributed by atoms with Gasteiger partial charge in [0.2, 0.25) is 5.88 Å². The number of carbonyl (C=O) groups excluding carboxylic acids is 1. The fraction of sp³-hybridized carbons (Fsp3) is 0.0526. The van der Waals surface area contributed by atoms with Gasteiger partial charge in [0.05, 0.1) is 5.52 Å². The Kier molecular flexibility index (Phi) is 4.86. The third-order valence-electron chi connectivity index (χ3n) is 4.14. The molecule has 1 amide bonds. The van der Waals surface area contributed by atoms with Crippen molar-refractivity contribution in [2.24, 2.45) is 10.2 Å². The molecule has 0 fully saturated rings. The van der Waals surface area contributed by atoms with Gasteiger partial charge in [-0.15, -0.1) is 10.2 Å². The average molecular weight is 504 g/mol. The molecule has 0 atom stereocenters. The number of nitrogens with one attached hydrogen (secondary N) is 1. The number of amides is 1. The second kappa shape index (κ2) is 7.33. The van der Waals surface area contributed by atoms with E-state index >= 15 is 0 Å². The van der Waals surface area contributed by atoms with Crippen molar-refractivity contribution in [2.45, 2.75) is 6.92 Å². The summed E-state index contributed by atoms with van der Waals surface area (Å²) in [7, 11) is 0. The molecular formula is C19H12Br2N4O3. The summed E-state index contributed by atoms with van der Waals surface area (Å²) in [6, 6.07) is 12.8. The highest BCUT2D eigenvalue weighted by Gasteiger charge is 2.22. The van der Waals surface area contributed by atoms with Gasteiger partial charge in [0.1, 0.15) is 17.0 Å². The highest BCUT2D eigenvalue weighted by atomic mass is 79.9. The van der Waals surface area contributed by atoms with Gasteiger partial charge in [-0.25, -0.2) is 0 Å². The van der Waals surface area contributed by atoms with Crippen LogP contribution in [0.1, 0.15) is 16.1 Å². The minimum atomic E-state index is -0.611. The van der Waals surface area contributed by atoms with E-state index in [1.807, 2.05) is 36.4 Å². The number of azo groups is 1. The van der Waals surface area contributed by atoms with E-state index in [0.29, 0.717) is 22.4 Å². The molecular weight excluding hydrogens is 492 g/mol. The normalized spacial score (nSPS) is 11.5. The summed E-state index contributed by atoms with van der Waals surface area (Å²) >= 11 is 6.82. The van der Waals surface area contributed by atoms with Crippen LogP contribution in [0.5, 0.6) is 5.88 Å². The Morgan fingerprint density at radius 1 is 1.21 bits per heavy atom. The van der Waals surface area contributed by atoms with Crippen LogP contribution < -0.4 is 0 Å². The quantitative estimate of drug-likeness (QED) is 0.320. The zero-order chi connectivity index (χ0) is 19.8. The van der Waals surface area contributed by atoms with Crippen molar-refractivity contribution in [1.82, 2.24) is 10.1 Å². The molecule has 0 aliphatic rings. The molecule has 0 saturated carbocycles. The molecule has 0 unspecified atom stereocenters. The fourth-order valence-electron chi connectivity index (χ4n) is 2.86. The minimum Gasteiger partial charge on any atom is -0.493 e. The summed E-state index contributed by atoms with van der Waals surface area (Å²) in [5, 5.41) is 22.6. The van der Waals surface area contributed by atoms with Crippen molar-refractivity contribution >= 4 is 54.4 Å². The van der Waals surface area contributed by atoms with E-state index in [-0.39, 0.29) is 17.1 Å². The predicted octanol–water partition coefficient (Wildman–Crippen LogP) is 6.29. The van der Waals surface area contributed by atoms with Crippen LogP contribution in [0.25, 0.3) is 22.2 Å². The molecule has 2 aromatic heterocycles. The number of hydrogen-bond acceptors (Lipinski definition) is 5. The van der Waals surface area contributed by atoms with Gasteiger partial charge in [-0.1, -0.05) is 51.4 Å². The third-order valence-corrected chi connectivity index (χ3v) is 5.23. The topological polar surface area (TPSA) is 104 Å². The summed E-state index contributed by atoms with van der Waals surface area (Å²) in [5.74, 6) is -0.451. The maximum Gasteiger partial charge on any atom is 0.301 e. The monoisotopic (exact) mass is 502 g/mol. The average Bonchev–Trinajstić information content (AvgIpc) is 3.21. The Hall–Kier alpha value is -2.78. The van der Waals surface area contributed by atoms with Crippen LogP contribution in [0.3, 0.4) is 0 Å². The van der Waals surface area contributed by atoms with E-state index in [0.717, 1.165) is 14.5 Å². The summed E-state index contributed by atoms with van der Waals surface area (Å²) in [6.07, 6.45) is 0. The number of carbonyl (C=O) groups is 1. The first-order valence-electron chi connectivity index (χ1n) is 8.13. The molecule has 28 heavy (non-hydrogen) atoms. The number of hydrogen-bond donors (Lipinski definition) is 2. The number of halogens is 2. The number of nitrogens with zero attached hydrogens (tertiary/aromatic N) is 3. The Labute approximate surface area is 175 Å². The van der Waals surface area contributed by atoms with Crippen LogP contribution in [0.4, 0.5) is 5.69 Å². The minimum absolute atomic E-state index is 0.167. The Morgan fingerprint density at radius 2 is 1.96 bits per heavy atom. The summed E-state index contributed by atoms with van der Waals surface area (Å²) in [4.78, 5) is 15.5. The van der Waals surface area contributed by atoms with Gasteiger partial charge in [0, 0.05) is 19.9 Å². The Balaban J connectivity index is 1.75. The van der Waals surface area contributed by atoms with Crippen LogP contribution in [-0.4, -0.2) is 21.2 Å². The summed E-state index contributed by atoms with van der Waals surface area (Å²) < 4.78 is 6.72. The number of aromatic amines is 1. The van der Waals surface area contributed by atoms with Crippen LogP contribution in [-0.2, 0) is 0 Å². The van der Waals surface area contributed by atoms with E-state index in [1.165, 1.54) is 0 Å². The standard InChI is InChI=1S/C19H12Br2N4O3/c1-9-14(15(25-28-9)10-5-3-2-4-6-10)18(26)24-23-17-12-7-11(20)8-13(21)16(12)22-19(17)27/h2-8,22,27H,1H3. The van der Waals surface area contributed by atoms with E-state index in [2.05, 4.69) is 52.2 Å². The lowest BCUT2D eigenvalue weighted by Gasteiger charge is -1.98. The Bertz CT molecular complexity index is 1230. The van der Waals surface area contributed by atoms with Crippen LogP contribution in [0.15, 0.2) is 66.2 Å². The van der Waals surface area contributed by atoms with Gasteiger partial charge < -0.3 is 14.6 Å².